The fourth-order valence-electron chi connectivity index (χ4n) is 3.32. The second-order valence-electron chi connectivity index (χ2n) is 6.72. The molecule has 1 fully saturated rings. The molecule has 6 heteroatoms. The van der Waals surface area contributed by atoms with Crippen LogP contribution in [0.5, 0.6) is 5.88 Å². The molecule has 3 aromatic rings. The number of hydrogen-bond donors (Lipinski definition) is 2. The zero-order chi connectivity index (χ0) is 19.3. The molecule has 6 nitrogen and oxygen atoms in total. The van der Waals surface area contributed by atoms with Crippen molar-refractivity contribution in [2.45, 2.75) is 6.10 Å². The molecule has 1 amide bonds. The van der Waals surface area contributed by atoms with E-state index in [2.05, 4.69) is 21.7 Å². The van der Waals surface area contributed by atoms with Crippen LogP contribution in [0.2, 0.25) is 0 Å². The van der Waals surface area contributed by atoms with Crippen LogP contribution in [0, 0.1) is 0 Å². The maximum absolute atomic E-state index is 12.4. The maximum Gasteiger partial charge on any atom is 0.251 e. The van der Waals surface area contributed by atoms with E-state index in [1.807, 2.05) is 48.5 Å². The van der Waals surface area contributed by atoms with E-state index in [1.54, 1.807) is 7.11 Å². The molecule has 0 spiro atoms. The summed E-state index contributed by atoms with van der Waals surface area (Å²) in [7, 11) is 1.62. The first-order chi connectivity index (χ1) is 13.7. The molecule has 2 heterocycles. The van der Waals surface area contributed by atoms with Crippen molar-refractivity contribution in [3.63, 3.8) is 0 Å². The predicted octanol–water partition coefficient (Wildman–Crippen LogP) is 2.63. The minimum atomic E-state index is -0.107. The monoisotopic (exact) mass is 377 g/mol. The van der Waals surface area contributed by atoms with Crippen LogP contribution in [0.25, 0.3) is 22.0 Å². The molecular formula is C22H23N3O3. The topological polar surface area (TPSA) is 72.5 Å². The predicted molar refractivity (Wildman–Crippen MR) is 109 cm³/mol. The Morgan fingerprint density at radius 2 is 2.07 bits per heavy atom. The third-order valence-corrected chi connectivity index (χ3v) is 4.84. The molecule has 2 N–H and O–H groups in total. The summed E-state index contributed by atoms with van der Waals surface area (Å²) >= 11 is 0. The summed E-state index contributed by atoms with van der Waals surface area (Å²) in [6.07, 6.45) is 0.0184. The first-order valence-electron chi connectivity index (χ1n) is 9.39. The van der Waals surface area contributed by atoms with Gasteiger partial charge in [-0.2, -0.15) is 0 Å². The second-order valence-corrected chi connectivity index (χ2v) is 6.72. The summed E-state index contributed by atoms with van der Waals surface area (Å²) in [6, 6.07) is 17.5. The zero-order valence-corrected chi connectivity index (χ0v) is 15.8. The van der Waals surface area contributed by atoms with Gasteiger partial charge in [0.25, 0.3) is 5.91 Å². The molecule has 4 rings (SSSR count). The van der Waals surface area contributed by atoms with E-state index >= 15 is 0 Å². The van der Waals surface area contributed by atoms with Crippen LogP contribution in [-0.2, 0) is 4.74 Å². The smallest absolute Gasteiger partial charge is 0.251 e. The Kier molecular flexibility index (Phi) is 5.50. The highest BCUT2D eigenvalue weighted by molar-refractivity contribution is 5.95. The van der Waals surface area contributed by atoms with Crippen molar-refractivity contribution in [3.05, 3.63) is 60.2 Å². The van der Waals surface area contributed by atoms with Gasteiger partial charge in [0.15, 0.2) is 0 Å². The molecule has 0 unspecified atom stereocenters. The van der Waals surface area contributed by atoms with Gasteiger partial charge >= 0.3 is 0 Å². The minimum absolute atomic E-state index is 0.0184. The van der Waals surface area contributed by atoms with Crippen molar-refractivity contribution < 1.29 is 14.3 Å². The SMILES string of the molecule is COc1nc2ccccc2cc1-c1ccc(C(=O)NC[C@@H]2CNCCO2)cc1. The number of morpholine rings is 1. The number of hydrogen-bond acceptors (Lipinski definition) is 5. The van der Waals surface area contributed by atoms with Crippen molar-refractivity contribution in [3.8, 4) is 17.0 Å². The van der Waals surface area contributed by atoms with Gasteiger partial charge in [0.05, 0.1) is 25.3 Å². The molecule has 2 aromatic carbocycles. The van der Waals surface area contributed by atoms with E-state index in [-0.39, 0.29) is 12.0 Å². The molecule has 1 atom stereocenters. The number of benzene rings is 2. The number of nitrogens with one attached hydrogen (secondary N) is 2. The lowest BCUT2D eigenvalue weighted by atomic mass is 10.0. The van der Waals surface area contributed by atoms with Crippen LogP contribution in [0.15, 0.2) is 54.6 Å². The summed E-state index contributed by atoms with van der Waals surface area (Å²) < 4.78 is 11.1. The van der Waals surface area contributed by atoms with Gasteiger partial charge in [0, 0.05) is 36.1 Å². The van der Waals surface area contributed by atoms with Gasteiger partial charge < -0.3 is 20.1 Å². The third kappa shape index (κ3) is 3.98. The molecule has 28 heavy (non-hydrogen) atoms. The number of nitrogens with zero attached hydrogens (tertiary/aromatic N) is 1. The van der Waals surface area contributed by atoms with Crippen molar-refractivity contribution in [1.82, 2.24) is 15.6 Å². The molecule has 144 valence electrons. The van der Waals surface area contributed by atoms with Gasteiger partial charge in [-0.25, -0.2) is 4.98 Å². The van der Waals surface area contributed by atoms with E-state index in [0.29, 0.717) is 24.6 Å². The Morgan fingerprint density at radius 3 is 2.82 bits per heavy atom. The summed E-state index contributed by atoms with van der Waals surface area (Å²) in [4.78, 5) is 17.0. The Bertz CT molecular complexity index is 966. The summed E-state index contributed by atoms with van der Waals surface area (Å²) in [5.41, 5.74) is 3.35. The number of methoxy groups -OCH3 is 1. The van der Waals surface area contributed by atoms with Crippen molar-refractivity contribution >= 4 is 16.8 Å². The van der Waals surface area contributed by atoms with Crippen LogP contribution in [0.1, 0.15) is 10.4 Å². The molecule has 1 aliphatic heterocycles. The lowest BCUT2D eigenvalue weighted by Crippen LogP contribution is -2.45. The second kappa shape index (κ2) is 8.37. The average molecular weight is 377 g/mol. The Hall–Kier alpha value is -2.96. The molecule has 1 aromatic heterocycles. The number of fused-ring (bicyclic) bond motifs is 1. The number of carbonyl (C=O) groups excluding carboxylic acids is 1. The van der Waals surface area contributed by atoms with Gasteiger partial charge in [-0.15, -0.1) is 0 Å². The molecular weight excluding hydrogens is 354 g/mol. The number of rotatable bonds is 5. The standard InChI is InChI=1S/C22H23N3O3/c1-27-22-19(12-17-4-2-3-5-20(17)25-22)15-6-8-16(9-7-15)21(26)24-14-18-13-23-10-11-28-18/h2-9,12,18,23H,10-11,13-14H2,1H3,(H,24,26)/t18-/m0/s1. The van der Waals surface area contributed by atoms with Gasteiger partial charge in [-0.05, 0) is 29.8 Å². The van der Waals surface area contributed by atoms with Crippen molar-refractivity contribution in [2.75, 3.05) is 33.4 Å². The number of pyridine rings is 1. The maximum atomic E-state index is 12.4. The summed E-state index contributed by atoms with van der Waals surface area (Å²) in [5, 5.41) is 7.23. The summed E-state index contributed by atoms with van der Waals surface area (Å²) in [5.74, 6) is 0.460. The van der Waals surface area contributed by atoms with Crippen LogP contribution in [0.4, 0.5) is 0 Å². The Morgan fingerprint density at radius 1 is 1.25 bits per heavy atom. The van der Waals surface area contributed by atoms with E-state index in [4.69, 9.17) is 9.47 Å². The van der Waals surface area contributed by atoms with Gasteiger partial charge in [-0.3, -0.25) is 4.79 Å². The third-order valence-electron chi connectivity index (χ3n) is 4.84. The van der Waals surface area contributed by atoms with Gasteiger partial charge in [0.2, 0.25) is 5.88 Å². The first kappa shape index (κ1) is 18.4. The lowest BCUT2D eigenvalue weighted by Gasteiger charge is -2.23. The highest BCUT2D eigenvalue weighted by Gasteiger charge is 2.15. The van der Waals surface area contributed by atoms with Gasteiger partial charge in [0.1, 0.15) is 0 Å². The molecule has 1 saturated heterocycles. The molecule has 0 aliphatic carbocycles. The fourth-order valence-corrected chi connectivity index (χ4v) is 3.32. The number of ether oxygens (including phenoxy) is 2. The van der Waals surface area contributed by atoms with E-state index < -0.39 is 0 Å². The number of carbonyl (C=O) groups is 1. The molecule has 0 saturated carbocycles. The fraction of sp³-hybridized carbons (Fsp3) is 0.273. The van der Waals surface area contributed by atoms with Crippen LogP contribution >= 0.6 is 0 Å². The van der Waals surface area contributed by atoms with Crippen molar-refractivity contribution in [2.24, 2.45) is 0 Å². The molecule has 0 radical (unpaired) electrons. The highest BCUT2D eigenvalue weighted by atomic mass is 16.5. The Balaban J connectivity index is 1.51. The molecule has 1 aliphatic rings. The van der Waals surface area contributed by atoms with Crippen LogP contribution < -0.4 is 15.4 Å². The summed E-state index contributed by atoms with van der Waals surface area (Å²) in [6.45, 7) is 2.79. The van der Waals surface area contributed by atoms with Gasteiger partial charge in [-0.1, -0.05) is 30.3 Å². The Labute approximate surface area is 163 Å². The molecule has 0 bridgehead atoms. The number of aromatic nitrogens is 1. The highest BCUT2D eigenvalue weighted by Crippen LogP contribution is 2.31. The lowest BCUT2D eigenvalue weighted by molar-refractivity contribution is 0.0287. The van der Waals surface area contributed by atoms with E-state index in [9.17, 15) is 4.79 Å². The van der Waals surface area contributed by atoms with Crippen LogP contribution in [0.3, 0.4) is 0 Å². The van der Waals surface area contributed by atoms with Crippen molar-refractivity contribution in [1.29, 1.82) is 0 Å². The quantitative estimate of drug-likeness (QED) is 0.715. The zero-order valence-electron chi connectivity index (χ0n) is 15.8. The average Bonchev–Trinajstić information content (AvgIpc) is 2.77. The minimum Gasteiger partial charge on any atom is -0.481 e. The number of para-hydroxylation sites is 1. The number of amides is 1. The largest absolute Gasteiger partial charge is 0.481 e. The first-order valence-corrected chi connectivity index (χ1v) is 9.39. The van der Waals surface area contributed by atoms with E-state index in [0.717, 1.165) is 35.1 Å². The van der Waals surface area contributed by atoms with E-state index in [1.165, 1.54) is 0 Å². The normalized spacial score (nSPS) is 16.7. The van der Waals surface area contributed by atoms with Crippen LogP contribution in [-0.4, -0.2) is 50.3 Å².